The number of carboxylic acid groups (broad SMARTS) is 1. The Morgan fingerprint density at radius 2 is 2.19 bits per heavy atom. The molecule has 0 aliphatic rings. The summed E-state index contributed by atoms with van der Waals surface area (Å²) in [5.74, 6) is -1.32. The average Bonchev–Trinajstić information content (AvgIpc) is 2.26. The van der Waals surface area contributed by atoms with Gasteiger partial charge in [0.1, 0.15) is 0 Å². The lowest BCUT2D eigenvalue weighted by Crippen LogP contribution is -2.18. The number of aliphatic hydroxyl groups is 1. The van der Waals surface area contributed by atoms with Crippen LogP contribution in [0.4, 0.5) is 5.69 Å². The molecule has 0 saturated heterocycles. The molecule has 7 nitrogen and oxygen atoms in total. The van der Waals surface area contributed by atoms with E-state index in [0.717, 1.165) is 12.1 Å². The minimum atomic E-state index is -1.32. The van der Waals surface area contributed by atoms with E-state index >= 15 is 0 Å². The van der Waals surface area contributed by atoms with Gasteiger partial charge in [0.2, 0.25) is 0 Å². The summed E-state index contributed by atoms with van der Waals surface area (Å²) < 4.78 is 0. The van der Waals surface area contributed by atoms with E-state index in [9.17, 15) is 14.9 Å². The standard InChI is InChI=1S/C9H10N2O5/c10-8(4-12)6-2-1-5(11(15)16)3-7(6)9(13)14/h1-3,8,12H,4,10H2,(H,13,14)/t8-/m1/s1. The van der Waals surface area contributed by atoms with Gasteiger partial charge in [-0.05, 0) is 11.6 Å². The number of rotatable bonds is 4. The number of nitro groups is 1. The maximum atomic E-state index is 10.9. The van der Waals surface area contributed by atoms with E-state index in [2.05, 4.69) is 0 Å². The van der Waals surface area contributed by atoms with Gasteiger partial charge in [0.25, 0.3) is 5.69 Å². The number of non-ortho nitro benzene ring substituents is 1. The molecule has 1 aromatic rings. The smallest absolute Gasteiger partial charge is 0.336 e. The molecule has 0 aliphatic heterocycles. The molecule has 0 aromatic heterocycles. The van der Waals surface area contributed by atoms with Gasteiger partial charge in [-0.25, -0.2) is 4.79 Å². The summed E-state index contributed by atoms with van der Waals surface area (Å²) in [6.07, 6.45) is 0. The molecule has 0 aliphatic carbocycles. The van der Waals surface area contributed by atoms with Gasteiger partial charge < -0.3 is 15.9 Å². The number of carboxylic acids is 1. The molecular formula is C9H10N2O5. The molecular weight excluding hydrogens is 216 g/mol. The number of benzene rings is 1. The predicted molar refractivity (Wildman–Crippen MR) is 54.1 cm³/mol. The molecule has 4 N–H and O–H groups in total. The third kappa shape index (κ3) is 2.33. The summed E-state index contributed by atoms with van der Waals surface area (Å²) in [7, 11) is 0. The Bertz CT molecular complexity index is 432. The van der Waals surface area contributed by atoms with Crippen LogP contribution in [0.1, 0.15) is 22.0 Å². The van der Waals surface area contributed by atoms with Crippen LogP contribution < -0.4 is 5.73 Å². The number of aliphatic hydroxyl groups excluding tert-OH is 1. The predicted octanol–water partition coefficient (Wildman–Crippen LogP) is 0.285. The molecule has 0 saturated carbocycles. The molecule has 0 amide bonds. The molecule has 86 valence electrons. The normalized spacial score (nSPS) is 12.1. The summed E-state index contributed by atoms with van der Waals surface area (Å²) in [6.45, 7) is -0.432. The Morgan fingerprint density at radius 3 is 2.62 bits per heavy atom. The molecule has 0 radical (unpaired) electrons. The van der Waals surface area contributed by atoms with Crippen LogP contribution in [0, 0.1) is 10.1 Å². The van der Waals surface area contributed by atoms with Crippen molar-refractivity contribution in [2.75, 3.05) is 6.61 Å². The quantitative estimate of drug-likeness (QED) is 0.500. The SMILES string of the molecule is N[C@H](CO)c1ccc([N+](=O)[O-])cc1C(=O)O. The first-order valence-corrected chi connectivity index (χ1v) is 4.35. The highest BCUT2D eigenvalue weighted by Crippen LogP contribution is 2.22. The first-order valence-electron chi connectivity index (χ1n) is 4.35. The van der Waals surface area contributed by atoms with Gasteiger partial charge >= 0.3 is 5.97 Å². The number of hydrogen-bond donors (Lipinski definition) is 3. The van der Waals surface area contributed by atoms with Crippen LogP contribution >= 0.6 is 0 Å². The molecule has 16 heavy (non-hydrogen) atoms. The Morgan fingerprint density at radius 1 is 1.56 bits per heavy atom. The maximum absolute atomic E-state index is 10.9. The monoisotopic (exact) mass is 226 g/mol. The first-order chi connectivity index (χ1) is 7.47. The van der Waals surface area contributed by atoms with Crippen LogP contribution in [0.3, 0.4) is 0 Å². The second-order valence-corrected chi connectivity index (χ2v) is 3.12. The van der Waals surface area contributed by atoms with Crippen molar-refractivity contribution in [3.63, 3.8) is 0 Å². The van der Waals surface area contributed by atoms with E-state index < -0.39 is 23.5 Å². The summed E-state index contributed by atoms with van der Waals surface area (Å²) in [5, 5.41) is 28.1. The maximum Gasteiger partial charge on any atom is 0.336 e. The Balaban J connectivity index is 3.30. The van der Waals surface area contributed by atoms with Crippen molar-refractivity contribution in [1.82, 2.24) is 0 Å². The molecule has 7 heteroatoms. The summed E-state index contributed by atoms with van der Waals surface area (Å²) in [5.41, 5.74) is 5.05. The fourth-order valence-electron chi connectivity index (χ4n) is 1.26. The molecule has 0 spiro atoms. The third-order valence-electron chi connectivity index (χ3n) is 2.07. The van der Waals surface area contributed by atoms with Crippen molar-refractivity contribution < 1.29 is 19.9 Å². The van der Waals surface area contributed by atoms with Gasteiger partial charge in [0.15, 0.2) is 0 Å². The highest BCUT2D eigenvalue weighted by molar-refractivity contribution is 5.90. The van der Waals surface area contributed by atoms with E-state index in [-0.39, 0.29) is 16.8 Å². The number of carbonyl (C=O) groups is 1. The molecule has 1 atom stereocenters. The van der Waals surface area contributed by atoms with Crippen molar-refractivity contribution in [2.24, 2.45) is 5.73 Å². The summed E-state index contributed by atoms with van der Waals surface area (Å²) in [6, 6.07) is 2.44. The average molecular weight is 226 g/mol. The van der Waals surface area contributed by atoms with Crippen LogP contribution in [-0.4, -0.2) is 27.7 Å². The Kier molecular flexibility index (Phi) is 3.54. The molecule has 0 unspecified atom stereocenters. The van der Waals surface area contributed by atoms with Crippen LogP contribution in [0.25, 0.3) is 0 Å². The van der Waals surface area contributed by atoms with E-state index in [4.69, 9.17) is 15.9 Å². The number of nitro benzene ring substituents is 1. The molecule has 0 heterocycles. The number of hydrogen-bond acceptors (Lipinski definition) is 5. The highest BCUT2D eigenvalue weighted by Gasteiger charge is 2.19. The van der Waals surface area contributed by atoms with Crippen molar-refractivity contribution >= 4 is 11.7 Å². The molecule has 1 rings (SSSR count). The number of aromatic carboxylic acids is 1. The largest absolute Gasteiger partial charge is 0.478 e. The minimum Gasteiger partial charge on any atom is -0.478 e. The molecule has 0 bridgehead atoms. The van der Waals surface area contributed by atoms with Gasteiger partial charge in [-0.2, -0.15) is 0 Å². The lowest BCUT2D eigenvalue weighted by molar-refractivity contribution is -0.384. The minimum absolute atomic E-state index is 0.167. The third-order valence-corrected chi connectivity index (χ3v) is 2.07. The summed E-state index contributed by atoms with van der Waals surface area (Å²) in [4.78, 5) is 20.6. The van der Waals surface area contributed by atoms with Crippen molar-refractivity contribution in [1.29, 1.82) is 0 Å². The van der Waals surface area contributed by atoms with Crippen LogP contribution in [0.2, 0.25) is 0 Å². The van der Waals surface area contributed by atoms with Crippen molar-refractivity contribution in [3.05, 3.63) is 39.4 Å². The lowest BCUT2D eigenvalue weighted by atomic mass is 10.0. The van der Waals surface area contributed by atoms with Crippen LogP contribution in [-0.2, 0) is 0 Å². The van der Waals surface area contributed by atoms with Gasteiger partial charge in [0.05, 0.1) is 23.1 Å². The Hall–Kier alpha value is -1.99. The van der Waals surface area contributed by atoms with Gasteiger partial charge in [-0.3, -0.25) is 10.1 Å². The lowest BCUT2D eigenvalue weighted by Gasteiger charge is -2.11. The zero-order valence-corrected chi connectivity index (χ0v) is 8.16. The molecule has 1 aromatic carbocycles. The van der Waals surface area contributed by atoms with Gasteiger partial charge in [-0.1, -0.05) is 0 Å². The van der Waals surface area contributed by atoms with Gasteiger partial charge in [0, 0.05) is 12.1 Å². The fourth-order valence-corrected chi connectivity index (χ4v) is 1.26. The zero-order valence-electron chi connectivity index (χ0n) is 8.16. The van der Waals surface area contributed by atoms with E-state index in [1.54, 1.807) is 0 Å². The van der Waals surface area contributed by atoms with Crippen molar-refractivity contribution in [2.45, 2.75) is 6.04 Å². The van der Waals surface area contributed by atoms with E-state index in [1.807, 2.05) is 0 Å². The number of nitrogens with zero attached hydrogens (tertiary/aromatic N) is 1. The fraction of sp³-hybridized carbons (Fsp3) is 0.222. The highest BCUT2D eigenvalue weighted by atomic mass is 16.6. The van der Waals surface area contributed by atoms with Crippen molar-refractivity contribution in [3.8, 4) is 0 Å². The Labute approximate surface area is 90.3 Å². The topological polar surface area (TPSA) is 127 Å². The van der Waals surface area contributed by atoms with Crippen LogP contribution in [0.15, 0.2) is 18.2 Å². The van der Waals surface area contributed by atoms with E-state index in [1.165, 1.54) is 6.07 Å². The zero-order chi connectivity index (χ0) is 12.3. The number of nitrogens with two attached hydrogens (primary N) is 1. The molecule has 0 fully saturated rings. The van der Waals surface area contributed by atoms with E-state index in [0.29, 0.717) is 0 Å². The van der Waals surface area contributed by atoms with Crippen LogP contribution in [0.5, 0.6) is 0 Å². The second kappa shape index (κ2) is 4.69. The second-order valence-electron chi connectivity index (χ2n) is 3.12. The summed E-state index contributed by atoms with van der Waals surface area (Å²) >= 11 is 0. The van der Waals surface area contributed by atoms with Gasteiger partial charge in [-0.15, -0.1) is 0 Å². The first kappa shape index (κ1) is 12.1.